The van der Waals surface area contributed by atoms with Gasteiger partial charge < -0.3 is 20.5 Å². The fourth-order valence-electron chi connectivity index (χ4n) is 1.98. The summed E-state index contributed by atoms with van der Waals surface area (Å²) in [6.07, 6.45) is 0. The monoisotopic (exact) mass is 272 g/mol. The van der Waals surface area contributed by atoms with Crippen molar-refractivity contribution >= 4 is 23.0 Å². The first-order valence-electron chi connectivity index (χ1n) is 6.03. The van der Waals surface area contributed by atoms with Crippen LogP contribution in [0.25, 0.3) is 0 Å². The summed E-state index contributed by atoms with van der Waals surface area (Å²) in [6.45, 7) is 0. The molecule has 0 radical (unpaired) electrons. The van der Waals surface area contributed by atoms with Crippen molar-refractivity contribution in [2.45, 2.75) is 0 Å². The lowest BCUT2D eigenvalue weighted by Crippen LogP contribution is -2.14. The van der Waals surface area contributed by atoms with Gasteiger partial charge in [0.25, 0.3) is 0 Å². The molecule has 0 amide bonds. The van der Waals surface area contributed by atoms with Gasteiger partial charge in [-0.25, -0.2) is 4.79 Å². The van der Waals surface area contributed by atoms with Crippen molar-refractivity contribution in [1.82, 2.24) is 0 Å². The minimum atomic E-state index is -1.01. The molecule has 0 bridgehead atoms. The number of nitrogens with zero attached hydrogens (tertiary/aromatic N) is 1. The Morgan fingerprint density at radius 3 is 2.65 bits per heavy atom. The maximum atomic E-state index is 11.3. The van der Waals surface area contributed by atoms with Crippen molar-refractivity contribution in [2.75, 3.05) is 24.8 Å². The lowest BCUT2D eigenvalue weighted by atomic mass is 10.1. The average molecular weight is 272 g/mol. The van der Waals surface area contributed by atoms with Crippen LogP contribution < -0.4 is 15.4 Å². The summed E-state index contributed by atoms with van der Waals surface area (Å²) in [6, 6.07) is 12.2. The van der Waals surface area contributed by atoms with E-state index < -0.39 is 5.97 Å². The van der Waals surface area contributed by atoms with E-state index in [-0.39, 0.29) is 5.56 Å². The Bertz CT molecular complexity index is 641. The van der Waals surface area contributed by atoms with Crippen molar-refractivity contribution in [1.29, 1.82) is 0 Å². The van der Waals surface area contributed by atoms with Gasteiger partial charge in [-0.05, 0) is 30.3 Å². The lowest BCUT2D eigenvalue weighted by molar-refractivity contribution is 0.0697. The van der Waals surface area contributed by atoms with Gasteiger partial charge in [0.2, 0.25) is 0 Å². The van der Waals surface area contributed by atoms with Crippen LogP contribution in [-0.2, 0) is 0 Å². The van der Waals surface area contributed by atoms with E-state index in [0.29, 0.717) is 17.1 Å². The zero-order valence-corrected chi connectivity index (χ0v) is 11.3. The second kappa shape index (κ2) is 5.52. The normalized spacial score (nSPS) is 10.1. The second-order valence-corrected chi connectivity index (χ2v) is 4.34. The molecule has 0 saturated heterocycles. The van der Waals surface area contributed by atoms with Crippen LogP contribution in [0.5, 0.6) is 5.75 Å². The van der Waals surface area contributed by atoms with Crippen molar-refractivity contribution in [2.24, 2.45) is 0 Å². The number of methoxy groups -OCH3 is 1. The maximum Gasteiger partial charge on any atom is 0.337 e. The largest absolute Gasteiger partial charge is 0.497 e. The highest BCUT2D eigenvalue weighted by atomic mass is 16.5. The Hall–Kier alpha value is -2.69. The van der Waals surface area contributed by atoms with Crippen LogP contribution in [0.2, 0.25) is 0 Å². The molecule has 0 aromatic heterocycles. The van der Waals surface area contributed by atoms with Gasteiger partial charge in [-0.1, -0.05) is 6.07 Å². The second-order valence-electron chi connectivity index (χ2n) is 4.34. The van der Waals surface area contributed by atoms with Crippen LogP contribution in [-0.4, -0.2) is 25.2 Å². The van der Waals surface area contributed by atoms with Crippen molar-refractivity contribution in [3.8, 4) is 5.75 Å². The predicted molar refractivity (Wildman–Crippen MR) is 78.9 cm³/mol. The first kappa shape index (κ1) is 13.7. The molecule has 2 rings (SSSR count). The number of anilines is 3. The Kier molecular flexibility index (Phi) is 3.79. The van der Waals surface area contributed by atoms with E-state index in [4.69, 9.17) is 10.5 Å². The molecule has 5 heteroatoms. The molecule has 0 aliphatic heterocycles. The Morgan fingerprint density at radius 2 is 2.00 bits per heavy atom. The summed E-state index contributed by atoms with van der Waals surface area (Å²) < 4.78 is 5.17. The van der Waals surface area contributed by atoms with E-state index in [9.17, 15) is 9.90 Å². The quantitative estimate of drug-likeness (QED) is 0.837. The van der Waals surface area contributed by atoms with E-state index >= 15 is 0 Å². The minimum absolute atomic E-state index is 0.162. The van der Waals surface area contributed by atoms with Gasteiger partial charge in [0.1, 0.15) is 5.75 Å². The third kappa shape index (κ3) is 2.66. The fourth-order valence-corrected chi connectivity index (χ4v) is 1.98. The summed E-state index contributed by atoms with van der Waals surface area (Å²) in [5, 5.41) is 9.28. The number of hydrogen-bond donors (Lipinski definition) is 2. The lowest BCUT2D eigenvalue weighted by Gasteiger charge is -2.22. The zero-order chi connectivity index (χ0) is 14.7. The van der Waals surface area contributed by atoms with Crippen molar-refractivity contribution < 1.29 is 14.6 Å². The molecule has 2 aromatic rings. The SMILES string of the molecule is COc1cccc(N(C)c2ccc(N)cc2C(=O)O)c1. The topological polar surface area (TPSA) is 75.8 Å². The maximum absolute atomic E-state index is 11.3. The molecule has 0 aliphatic rings. The molecule has 0 spiro atoms. The number of carbonyl (C=O) groups is 1. The third-order valence-corrected chi connectivity index (χ3v) is 3.05. The summed E-state index contributed by atoms with van der Waals surface area (Å²) in [4.78, 5) is 13.1. The first-order valence-corrected chi connectivity index (χ1v) is 6.03. The predicted octanol–water partition coefficient (Wildman–Crippen LogP) is 2.74. The molecule has 104 valence electrons. The summed E-state index contributed by atoms with van der Waals surface area (Å²) >= 11 is 0. The summed E-state index contributed by atoms with van der Waals surface area (Å²) in [7, 11) is 3.39. The number of carboxylic acid groups (broad SMARTS) is 1. The fraction of sp³-hybridized carbons (Fsp3) is 0.133. The molecule has 2 aromatic carbocycles. The summed E-state index contributed by atoms with van der Waals surface area (Å²) in [5.74, 6) is -0.302. The van der Waals surface area contributed by atoms with Crippen molar-refractivity contribution in [3.05, 3.63) is 48.0 Å². The van der Waals surface area contributed by atoms with Gasteiger partial charge in [0.05, 0.1) is 18.4 Å². The molecule has 0 atom stereocenters. The number of hydrogen-bond acceptors (Lipinski definition) is 4. The standard InChI is InChI=1S/C15H16N2O3/c1-17(11-4-3-5-12(9-11)20-2)14-7-6-10(16)8-13(14)15(18)19/h3-9H,16H2,1-2H3,(H,18,19). The highest BCUT2D eigenvalue weighted by molar-refractivity contribution is 5.96. The Balaban J connectivity index is 2.47. The molecule has 3 N–H and O–H groups in total. The summed E-state index contributed by atoms with van der Waals surface area (Å²) in [5.41, 5.74) is 7.63. The van der Waals surface area contributed by atoms with Crippen LogP contribution >= 0.6 is 0 Å². The first-order chi connectivity index (χ1) is 9.52. The highest BCUT2D eigenvalue weighted by Gasteiger charge is 2.15. The van der Waals surface area contributed by atoms with E-state index in [1.807, 2.05) is 24.3 Å². The molecule has 0 fully saturated rings. The Morgan fingerprint density at radius 1 is 1.25 bits per heavy atom. The van der Waals surface area contributed by atoms with Gasteiger partial charge >= 0.3 is 5.97 Å². The number of ether oxygens (including phenoxy) is 1. The molecule has 5 nitrogen and oxygen atoms in total. The number of nitrogen functional groups attached to an aromatic ring is 1. The zero-order valence-electron chi connectivity index (χ0n) is 11.3. The molecule has 0 aliphatic carbocycles. The van der Waals surface area contributed by atoms with Crippen LogP contribution in [0.4, 0.5) is 17.1 Å². The smallest absolute Gasteiger partial charge is 0.337 e. The van der Waals surface area contributed by atoms with E-state index in [0.717, 1.165) is 5.69 Å². The number of rotatable bonds is 4. The molecule has 0 heterocycles. The van der Waals surface area contributed by atoms with E-state index in [2.05, 4.69) is 0 Å². The van der Waals surface area contributed by atoms with E-state index in [1.54, 1.807) is 31.2 Å². The van der Waals surface area contributed by atoms with Crippen molar-refractivity contribution in [3.63, 3.8) is 0 Å². The number of benzene rings is 2. The molecular weight excluding hydrogens is 256 g/mol. The van der Waals surface area contributed by atoms with Gasteiger partial charge in [0.15, 0.2) is 0 Å². The van der Waals surface area contributed by atoms with Crippen LogP contribution in [0, 0.1) is 0 Å². The van der Waals surface area contributed by atoms with Crippen LogP contribution in [0.1, 0.15) is 10.4 Å². The van der Waals surface area contributed by atoms with Gasteiger partial charge in [-0.15, -0.1) is 0 Å². The van der Waals surface area contributed by atoms with Crippen LogP contribution in [0.3, 0.4) is 0 Å². The van der Waals surface area contributed by atoms with Gasteiger partial charge in [-0.3, -0.25) is 0 Å². The van der Waals surface area contributed by atoms with Gasteiger partial charge in [0, 0.05) is 24.5 Å². The molecule has 0 unspecified atom stereocenters. The molecular formula is C15H16N2O3. The highest BCUT2D eigenvalue weighted by Crippen LogP contribution is 2.30. The molecule has 20 heavy (non-hydrogen) atoms. The number of nitrogens with two attached hydrogens (primary N) is 1. The average Bonchev–Trinajstić information content (AvgIpc) is 2.46. The number of carboxylic acids is 1. The Labute approximate surface area is 117 Å². The van der Waals surface area contributed by atoms with Gasteiger partial charge in [-0.2, -0.15) is 0 Å². The van der Waals surface area contributed by atoms with Crippen LogP contribution in [0.15, 0.2) is 42.5 Å². The third-order valence-electron chi connectivity index (χ3n) is 3.05. The minimum Gasteiger partial charge on any atom is -0.497 e. The van der Waals surface area contributed by atoms with E-state index in [1.165, 1.54) is 6.07 Å². The molecule has 0 saturated carbocycles. The number of aromatic carboxylic acids is 1.